The molecule has 0 saturated carbocycles. The zero-order chi connectivity index (χ0) is 13.9. The largest absolute Gasteiger partial charge is 0.308 e. The molecule has 0 radical (unpaired) electrons. The lowest BCUT2D eigenvalue weighted by Crippen LogP contribution is -2.13. The fourth-order valence-corrected chi connectivity index (χ4v) is 3.51. The summed E-state index contributed by atoms with van der Waals surface area (Å²) >= 11 is 5.09. The van der Waals surface area contributed by atoms with Crippen molar-refractivity contribution >= 4 is 37.3 Å². The second-order valence-electron chi connectivity index (χ2n) is 4.02. The average molecular weight is 361 g/mol. The van der Waals surface area contributed by atoms with Gasteiger partial charge in [0.05, 0.1) is 4.90 Å². The lowest BCUT2D eigenvalue weighted by molar-refractivity contribution is 0.597. The summed E-state index contributed by atoms with van der Waals surface area (Å²) in [6.07, 6.45) is 0. The molecule has 19 heavy (non-hydrogen) atoms. The van der Waals surface area contributed by atoms with Crippen LogP contribution in [0.1, 0.15) is 10.4 Å². The van der Waals surface area contributed by atoms with Gasteiger partial charge in [0.2, 0.25) is 10.0 Å². The summed E-state index contributed by atoms with van der Waals surface area (Å²) in [5.74, 6) is 0. The molecule has 1 heterocycles. The van der Waals surface area contributed by atoms with E-state index in [1.165, 1.54) is 17.0 Å². The molecule has 0 fully saturated rings. The van der Waals surface area contributed by atoms with Crippen LogP contribution in [0.25, 0.3) is 0 Å². The second-order valence-corrected chi connectivity index (χ2v) is 7.50. The van der Waals surface area contributed by atoms with E-state index in [9.17, 15) is 8.42 Å². The maximum Gasteiger partial charge on any atom is 0.238 e. The lowest BCUT2D eigenvalue weighted by Gasteiger charge is -2.04. The number of hydrogen-bond acceptors (Lipinski definition) is 4. The fourth-order valence-electron chi connectivity index (χ4n) is 1.57. The van der Waals surface area contributed by atoms with Crippen LogP contribution in [0.2, 0.25) is 0 Å². The standard InChI is InChI=1S/C12H13BrN2O2S2/c13-10-5-11(18-8-10)7-15-6-9-1-3-12(4-2-9)19(14,16)17/h1-5,8,15H,6-7H2,(H2,14,16,17). The van der Waals surface area contributed by atoms with Crippen molar-refractivity contribution in [2.45, 2.75) is 18.0 Å². The number of rotatable bonds is 5. The molecule has 1 aromatic heterocycles. The highest BCUT2D eigenvalue weighted by molar-refractivity contribution is 9.10. The summed E-state index contributed by atoms with van der Waals surface area (Å²) < 4.78 is 23.3. The Labute approximate surface area is 124 Å². The molecule has 7 heteroatoms. The molecule has 0 aliphatic heterocycles. The molecule has 102 valence electrons. The number of hydrogen-bond donors (Lipinski definition) is 2. The molecule has 0 unspecified atom stereocenters. The molecule has 1 aromatic carbocycles. The van der Waals surface area contributed by atoms with Crippen LogP contribution < -0.4 is 10.5 Å². The molecule has 0 amide bonds. The van der Waals surface area contributed by atoms with Crippen LogP contribution in [0.5, 0.6) is 0 Å². The Morgan fingerprint density at radius 2 is 1.89 bits per heavy atom. The Morgan fingerprint density at radius 3 is 2.42 bits per heavy atom. The molecule has 0 saturated heterocycles. The third-order valence-electron chi connectivity index (χ3n) is 2.50. The molecule has 0 bridgehead atoms. The minimum Gasteiger partial charge on any atom is -0.308 e. The Kier molecular flexibility index (Phi) is 4.75. The monoisotopic (exact) mass is 360 g/mol. The van der Waals surface area contributed by atoms with Crippen molar-refractivity contribution in [3.05, 3.63) is 50.6 Å². The maximum absolute atomic E-state index is 11.1. The van der Waals surface area contributed by atoms with Gasteiger partial charge in [0.15, 0.2) is 0 Å². The fraction of sp³-hybridized carbons (Fsp3) is 0.167. The molecule has 2 rings (SSSR count). The summed E-state index contributed by atoms with van der Waals surface area (Å²) in [7, 11) is -3.60. The number of halogens is 1. The highest BCUT2D eigenvalue weighted by atomic mass is 79.9. The Bertz CT molecular complexity index is 651. The van der Waals surface area contributed by atoms with Gasteiger partial charge in [0, 0.05) is 27.8 Å². The first-order valence-electron chi connectivity index (χ1n) is 5.50. The second kappa shape index (κ2) is 6.15. The Morgan fingerprint density at radius 1 is 1.21 bits per heavy atom. The van der Waals surface area contributed by atoms with E-state index in [1.54, 1.807) is 23.5 Å². The zero-order valence-electron chi connectivity index (χ0n) is 9.97. The number of nitrogens with one attached hydrogen (secondary N) is 1. The molecule has 2 aromatic rings. The minimum absolute atomic E-state index is 0.137. The molecule has 0 spiro atoms. The number of nitrogens with two attached hydrogens (primary N) is 1. The predicted octanol–water partition coefficient (Wildman–Crippen LogP) is 2.45. The van der Waals surface area contributed by atoms with Gasteiger partial charge >= 0.3 is 0 Å². The smallest absolute Gasteiger partial charge is 0.238 e. The third-order valence-corrected chi connectivity index (χ3v) is 5.13. The maximum atomic E-state index is 11.1. The van der Waals surface area contributed by atoms with Crippen molar-refractivity contribution in [2.24, 2.45) is 5.14 Å². The van der Waals surface area contributed by atoms with Gasteiger partial charge in [0.25, 0.3) is 0 Å². The van der Waals surface area contributed by atoms with Gasteiger partial charge in [-0.3, -0.25) is 0 Å². The molecule has 0 aliphatic carbocycles. The first-order valence-corrected chi connectivity index (χ1v) is 8.72. The van der Waals surface area contributed by atoms with E-state index >= 15 is 0 Å². The van der Waals surface area contributed by atoms with E-state index in [0.717, 1.165) is 16.6 Å². The van der Waals surface area contributed by atoms with Crippen LogP contribution >= 0.6 is 27.3 Å². The van der Waals surface area contributed by atoms with E-state index in [1.807, 2.05) is 5.38 Å². The van der Waals surface area contributed by atoms with E-state index in [-0.39, 0.29) is 4.90 Å². The van der Waals surface area contributed by atoms with Crippen molar-refractivity contribution in [3.63, 3.8) is 0 Å². The highest BCUT2D eigenvalue weighted by Gasteiger charge is 2.06. The molecule has 4 nitrogen and oxygen atoms in total. The first kappa shape index (κ1) is 14.7. The van der Waals surface area contributed by atoms with Crippen LogP contribution in [-0.4, -0.2) is 8.42 Å². The number of benzene rings is 1. The average Bonchev–Trinajstić information content (AvgIpc) is 2.75. The van der Waals surface area contributed by atoms with Crippen molar-refractivity contribution in [1.82, 2.24) is 5.32 Å². The van der Waals surface area contributed by atoms with Crippen LogP contribution in [0.3, 0.4) is 0 Å². The minimum atomic E-state index is -3.60. The first-order chi connectivity index (χ1) is 8.95. The van der Waals surface area contributed by atoms with Crippen LogP contribution in [0.4, 0.5) is 0 Å². The van der Waals surface area contributed by atoms with Crippen LogP contribution in [-0.2, 0) is 23.1 Å². The molecule has 3 N–H and O–H groups in total. The normalized spacial score (nSPS) is 11.7. The van der Waals surface area contributed by atoms with Gasteiger partial charge in [0.1, 0.15) is 0 Å². The SMILES string of the molecule is NS(=O)(=O)c1ccc(CNCc2cc(Br)cs2)cc1. The molecule has 0 aliphatic rings. The summed E-state index contributed by atoms with van der Waals surface area (Å²) in [6, 6.07) is 8.64. The van der Waals surface area contributed by atoms with E-state index in [0.29, 0.717) is 6.54 Å². The van der Waals surface area contributed by atoms with Gasteiger partial charge in [-0.2, -0.15) is 0 Å². The highest BCUT2D eigenvalue weighted by Crippen LogP contribution is 2.19. The summed E-state index contributed by atoms with van der Waals surface area (Å²) in [4.78, 5) is 1.38. The molecular weight excluding hydrogens is 348 g/mol. The van der Waals surface area contributed by atoms with Crippen LogP contribution in [0.15, 0.2) is 45.1 Å². The Balaban J connectivity index is 1.90. The van der Waals surface area contributed by atoms with Gasteiger partial charge < -0.3 is 5.32 Å². The zero-order valence-corrected chi connectivity index (χ0v) is 13.2. The van der Waals surface area contributed by atoms with Gasteiger partial charge in [-0.25, -0.2) is 13.6 Å². The van der Waals surface area contributed by atoms with E-state index in [4.69, 9.17) is 5.14 Å². The Hall–Kier alpha value is -0.730. The molecule has 0 atom stereocenters. The number of sulfonamides is 1. The quantitative estimate of drug-likeness (QED) is 0.859. The van der Waals surface area contributed by atoms with Crippen molar-refractivity contribution < 1.29 is 8.42 Å². The van der Waals surface area contributed by atoms with E-state index in [2.05, 4.69) is 27.3 Å². The van der Waals surface area contributed by atoms with Crippen molar-refractivity contribution in [3.8, 4) is 0 Å². The van der Waals surface area contributed by atoms with Crippen LogP contribution in [0, 0.1) is 0 Å². The van der Waals surface area contributed by atoms with Gasteiger partial charge in [-0.1, -0.05) is 12.1 Å². The third kappa shape index (κ3) is 4.39. The van der Waals surface area contributed by atoms with Gasteiger partial charge in [-0.05, 0) is 39.7 Å². The predicted molar refractivity (Wildman–Crippen MR) is 80.4 cm³/mol. The summed E-state index contributed by atoms with van der Waals surface area (Å²) in [5.41, 5.74) is 1.02. The number of thiophene rings is 1. The molecular formula is C12H13BrN2O2S2. The summed E-state index contributed by atoms with van der Waals surface area (Å²) in [5, 5.41) is 10.4. The van der Waals surface area contributed by atoms with E-state index < -0.39 is 10.0 Å². The lowest BCUT2D eigenvalue weighted by atomic mass is 10.2. The number of primary sulfonamides is 1. The summed E-state index contributed by atoms with van der Waals surface area (Å²) in [6.45, 7) is 1.47. The van der Waals surface area contributed by atoms with Crippen molar-refractivity contribution in [1.29, 1.82) is 0 Å². The van der Waals surface area contributed by atoms with Gasteiger partial charge in [-0.15, -0.1) is 11.3 Å². The topological polar surface area (TPSA) is 72.2 Å². The van der Waals surface area contributed by atoms with Crippen molar-refractivity contribution in [2.75, 3.05) is 0 Å².